The minimum Gasteiger partial charge on any atom is -0.309 e. The third-order valence-corrected chi connectivity index (χ3v) is 11.6. The summed E-state index contributed by atoms with van der Waals surface area (Å²) in [7, 11) is 0. The molecule has 3 nitrogen and oxygen atoms in total. The highest BCUT2D eigenvalue weighted by Crippen LogP contribution is 2.37. The van der Waals surface area contributed by atoms with Crippen molar-refractivity contribution >= 4 is 48.9 Å². The number of para-hydroxylation sites is 2. The molecule has 8 aromatic carbocycles. The van der Waals surface area contributed by atoms with Gasteiger partial charge in [-0.3, -0.25) is 0 Å². The van der Waals surface area contributed by atoms with Crippen molar-refractivity contribution in [1.82, 2.24) is 14.5 Å². The Bertz CT molecular complexity index is 3150. The molecule has 1 aliphatic carbocycles. The van der Waals surface area contributed by atoms with Crippen LogP contribution in [0, 0.1) is 0 Å². The van der Waals surface area contributed by atoms with E-state index in [4.69, 9.17) is 9.97 Å². The van der Waals surface area contributed by atoms with Crippen LogP contribution in [-0.2, 0) is 0 Å². The number of allylic oxidation sites excluding steroid dienone is 4. The summed E-state index contributed by atoms with van der Waals surface area (Å²) in [6.45, 7) is 0. The number of aromatic nitrogens is 3. The van der Waals surface area contributed by atoms with Crippen molar-refractivity contribution in [3.8, 4) is 39.5 Å². The fourth-order valence-corrected chi connectivity index (χ4v) is 8.63. The van der Waals surface area contributed by atoms with Crippen LogP contribution in [0.4, 0.5) is 0 Å². The first kappa shape index (κ1) is 33.0. The van der Waals surface area contributed by atoms with E-state index >= 15 is 0 Å². The van der Waals surface area contributed by atoms with Gasteiger partial charge in [0.25, 0.3) is 0 Å². The van der Waals surface area contributed by atoms with E-state index in [1.54, 1.807) is 0 Å². The quantitative estimate of drug-likeness (QED) is 0.171. The van der Waals surface area contributed by atoms with Crippen molar-refractivity contribution in [3.63, 3.8) is 0 Å². The number of benzene rings is 8. The van der Waals surface area contributed by atoms with Crippen molar-refractivity contribution in [2.75, 3.05) is 0 Å². The standard InChI is InChI=1S/C54H37N3/c1-2-12-40(13-3-1)54-55-50(35-51(56-54)47-18-10-14-38-11-4-5-15-46(38)47)39-23-21-36(22-24-39)41-25-27-44-34-42(26-28-43(44)33-41)37-29-31-45(32-30-37)57-52-19-8-6-16-48(52)49-17-7-9-20-53(49)57/h1-21,23-36H,22H2. The molecule has 0 amide bonds. The fourth-order valence-electron chi connectivity index (χ4n) is 8.63. The molecule has 0 N–H and O–H groups in total. The van der Waals surface area contributed by atoms with Gasteiger partial charge in [-0.25, -0.2) is 9.97 Å². The van der Waals surface area contributed by atoms with Crippen molar-refractivity contribution in [3.05, 3.63) is 218 Å². The minimum atomic E-state index is 0.291. The number of fused-ring (bicyclic) bond motifs is 5. The van der Waals surface area contributed by atoms with E-state index in [0.717, 1.165) is 40.3 Å². The van der Waals surface area contributed by atoms with Crippen LogP contribution in [0.1, 0.15) is 23.6 Å². The van der Waals surface area contributed by atoms with Gasteiger partial charge < -0.3 is 4.57 Å². The van der Waals surface area contributed by atoms with Crippen LogP contribution in [0.3, 0.4) is 0 Å². The van der Waals surface area contributed by atoms with Gasteiger partial charge in [-0.15, -0.1) is 0 Å². The molecule has 0 bridgehead atoms. The second-order valence-corrected chi connectivity index (χ2v) is 15.0. The van der Waals surface area contributed by atoms with Gasteiger partial charge in [-0.1, -0.05) is 170 Å². The molecule has 2 heterocycles. The lowest BCUT2D eigenvalue weighted by Crippen LogP contribution is -2.02. The monoisotopic (exact) mass is 727 g/mol. The minimum absolute atomic E-state index is 0.291. The van der Waals surface area contributed by atoms with Crippen molar-refractivity contribution in [2.24, 2.45) is 0 Å². The van der Waals surface area contributed by atoms with Gasteiger partial charge in [0.1, 0.15) is 0 Å². The zero-order valence-corrected chi connectivity index (χ0v) is 31.3. The van der Waals surface area contributed by atoms with Gasteiger partial charge in [0.05, 0.1) is 22.4 Å². The maximum absolute atomic E-state index is 5.11. The molecule has 0 saturated carbocycles. The molecule has 0 radical (unpaired) electrons. The maximum atomic E-state index is 5.11. The van der Waals surface area contributed by atoms with Crippen molar-refractivity contribution in [2.45, 2.75) is 12.3 Å². The third kappa shape index (κ3) is 5.92. The molecule has 11 rings (SSSR count). The topological polar surface area (TPSA) is 30.7 Å². The summed E-state index contributed by atoms with van der Waals surface area (Å²) in [4.78, 5) is 10.2. The van der Waals surface area contributed by atoms with Crippen LogP contribution >= 0.6 is 0 Å². The number of nitrogens with zero attached hydrogens (tertiary/aromatic N) is 3. The summed E-state index contributed by atoms with van der Waals surface area (Å²) in [5.41, 5.74) is 12.5. The van der Waals surface area contributed by atoms with E-state index in [-0.39, 0.29) is 0 Å². The summed E-state index contributed by atoms with van der Waals surface area (Å²) in [5.74, 6) is 1.03. The molecule has 0 spiro atoms. The van der Waals surface area contributed by atoms with Crippen LogP contribution < -0.4 is 0 Å². The summed E-state index contributed by atoms with van der Waals surface area (Å²) < 4.78 is 2.37. The lowest BCUT2D eigenvalue weighted by atomic mass is 9.88. The molecule has 10 aromatic rings. The van der Waals surface area contributed by atoms with Gasteiger partial charge in [0.15, 0.2) is 5.82 Å². The highest BCUT2D eigenvalue weighted by Gasteiger charge is 2.18. The molecule has 268 valence electrons. The van der Waals surface area contributed by atoms with Gasteiger partial charge in [-0.05, 0) is 86.6 Å². The molecule has 2 aromatic heterocycles. The van der Waals surface area contributed by atoms with Crippen LogP contribution in [0.15, 0.2) is 206 Å². The van der Waals surface area contributed by atoms with Crippen LogP contribution in [-0.4, -0.2) is 14.5 Å². The second kappa shape index (κ2) is 13.7. The van der Waals surface area contributed by atoms with E-state index in [1.165, 1.54) is 65.7 Å². The second-order valence-electron chi connectivity index (χ2n) is 15.0. The van der Waals surface area contributed by atoms with E-state index in [2.05, 4.69) is 193 Å². The molecule has 57 heavy (non-hydrogen) atoms. The smallest absolute Gasteiger partial charge is 0.160 e. The lowest BCUT2D eigenvalue weighted by molar-refractivity contribution is 0.857. The molecule has 0 saturated heterocycles. The van der Waals surface area contributed by atoms with Crippen molar-refractivity contribution < 1.29 is 0 Å². The number of hydrogen-bond donors (Lipinski definition) is 0. The van der Waals surface area contributed by atoms with Gasteiger partial charge in [0, 0.05) is 33.5 Å². The molecule has 1 atom stereocenters. The van der Waals surface area contributed by atoms with Crippen LogP contribution in [0.25, 0.3) is 88.4 Å². The first-order chi connectivity index (χ1) is 28.2. The zero-order chi connectivity index (χ0) is 37.7. The Labute approximate surface area is 331 Å². The molecular weight excluding hydrogens is 691 g/mol. The predicted octanol–water partition coefficient (Wildman–Crippen LogP) is 14.0. The normalized spacial score (nSPS) is 14.1. The molecule has 0 fully saturated rings. The maximum Gasteiger partial charge on any atom is 0.160 e. The molecule has 1 aliphatic rings. The highest BCUT2D eigenvalue weighted by molar-refractivity contribution is 6.09. The Morgan fingerprint density at radius 2 is 1.11 bits per heavy atom. The van der Waals surface area contributed by atoms with Gasteiger partial charge >= 0.3 is 0 Å². The van der Waals surface area contributed by atoms with E-state index in [1.807, 2.05) is 18.2 Å². The van der Waals surface area contributed by atoms with Crippen molar-refractivity contribution in [1.29, 1.82) is 0 Å². The Morgan fingerprint density at radius 3 is 1.88 bits per heavy atom. The Balaban J connectivity index is 0.865. The summed E-state index contributed by atoms with van der Waals surface area (Å²) in [5, 5.41) is 7.45. The summed E-state index contributed by atoms with van der Waals surface area (Å²) in [6.07, 6.45) is 7.83. The molecule has 3 heteroatoms. The highest BCUT2D eigenvalue weighted by atomic mass is 15.0. The largest absolute Gasteiger partial charge is 0.309 e. The SMILES string of the molecule is C1=CC(c2ccc3cc(-c4ccc(-n5c6ccccc6c6ccccc65)cc4)ccc3c2)CC=C1c1cc(-c2cccc3ccccc23)nc(-c2ccccc2)n1. The summed E-state index contributed by atoms with van der Waals surface area (Å²) in [6, 6.07) is 67.5. The first-order valence-electron chi connectivity index (χ1n) is 19.7. The fraction of sp³-hybridized carbons (Fsp3) is 0.0370. The van der Waals surface area contributed by atoms with Crippen LogP contribution in [0.2, 0.25) is 0 Å². The third-order valence-electron chi connectivity index (χ3n) is 11.6. The van der Waals surface area contributed by atoms with Crippen LogP contribution in [0.5, 0.6) is 0 Å². The zero-order valence-electron chi connectivity index (χ0n) is 31.3. The van der Waals surface area contributed by atoms with Gasteiger partial charge in [0.2, 0.25) is 0 Å². The van der Waals surface area contributed by atoms with Gasteiger partial charge in [-0.2, -0.15) is 0 Å². The van der Waals surface area contributed by atoms with E-state index < -0.39 is 0 Å². The molecule has 1 unspecified atom stereocenters. The predicted molar refractivity (Wildman–Crippen MR) is 239 cm³/mol. The molecule has 0 aliphatic heterocycles. The Morgan fingerprint density at radius 1 is 0.456 bits per heavy atom. The Kier molecular flexibility index (Phi) is 7.96. The first-order valence-corrected chi connectivity index (χ1v) is 19.7. The van der Waals surface area contributed by atoms with E-state index in [0.29, 0.717) is 5.92 Å². The average Bonchev–Trinajstić information content (AvgIpc) is 3.63. The average molecular weight is 728 g/mol. The number of rotatable bonds is 6. The lowest BCUT2D eigenvalue weighted by Gasteiger charge is -2.18. The number of hydrogen-bond acceptors (Lipinski definition) is 2. The molecular formula is C54H37N3. The van der Waals surface area contributed by atoms with E-state index in [9.17, 15) is 0 Å². The summed E-state index contributed by atoms with van der Waals surface area (Å²) >= 11 is 0. The Hall–Kier alpha value is -7.36.